The second kappa shape index (κ2) is 8.20. The van der Waals surface area contributed by atoms with E-state index in [1.807, 2.05) is 0 Å². The van der Waals surface area contributed by atoms with Gasteiger partial charge in [0.15, 0.2) is 0 Å². The minimum Gasteiger partial charge on any atom is -0.389 e. The Bertz CT molecular complexity index is 1110. The van der Waals surface area contributed by atoms with Crippen LogP contribution in [0.1, 0.15) is 11.1 Å². The number of hydrogen-bond acceptors (Lipinski definition) is 2. The van der Waals surface area contributed by atoms with Crippen LogP contribution >= 0.6 is 45.2 Å². The molecule has 4 rings (SSSR count). The van der Waals surface area contributed by atoms with Crippen LogP contribution < -0.4 is 5.32 Å². The number of nitrogens with zero attached hydrogens (tertiary/aromatic N) is 1. The van der Waals surface area contributed by atoms with Crippen molar-refractivity contribution in [2.75, 3.05) is 11.9 Å². The van der Waals surface area contributed by atoms with Crippen molar-refractivity contribution in [3.05, 3.63) is 72.9 Å². The number of benzene rings is 3. The first kappa shape index (κ1) is 20.0. The summed E-state index contributed by atoms with van der Waals surface area (Å²) in [6, 6.07) is 19.3. The lowest BCUT2D eigenvalue weighted by Gasteiger charge is -2.16. The predicted octanol–water partition coefficient (Wildman–Crippen LogP) is 6.09. The number of aryl methyl sites for hydroxylation is 2. The van der Waals surface area contributed by atoms with Crippen LogP contribution in [0.4, 0.5) is 5.69 Å². The number of anilines is 1. The van der Waals surface area contributed by atoms with E-state index < -0.39 is 6.10 Å². The second-order valence-corrected chi connectivity index (χ2v) is 9.76. The largest absolute Gasteiger partial charge is 0.389 e. The summed E-state index contributed by atoms with van der Waals surface area (Å²) in [7, 11) is 0. The van der Waals surface area contributed by atoms with Gasteiger partial charge in [-0.25, -0.2) is 0 Å². The van der Waals surface area contributed by atoms with Gasteiger partial charge in [0.2, 0.25) is 0 Å². The van der Waals surface area contributed by atoms with E-state index in [0.29, 0.717) is 13.1 Å². The molecule has 1 heterocycles. The van der Waals surface area contributed by atoms with Crippen LogP contribution in [-0.2, 0) is 6.54 Å². The molecule has 0 saturated heterocycles. The molecule has 1 aromatic heterocycles. The van der Waals surface area contributed by atoms with Gasteiger partial charge in [0.25, 0.3) is 0 Å². The van der Waals surface area contributed by atoms with E-state index in [-0.39, 0.29) is 0 Å². The Morgan fingerprint density at radius 3 is 2.04 bits per heavy atom. The van der Waals surface area contributed by atoms with Gasteiger partial charge in [-0.2, -0.15) is 0 Å². The molecule has 5 heteroatoms. The molecular formula is C23H22I2N2O. The molecule has 4 aromatic rings. The summed E-state index contributed by atoms with van der Waals surface area (Å²) >= 11 is 4.72. The minimum atomic E-state index is -0.487. The molecule has 3 nitrogen and oxygen atoms in total. The van der Waals surface area contributed by atoms with Crippen molar-refractivity contribution in [2.24, 2.45) is 0 Å². The van der Waals surface area contributed by atoms with Gasteiger partial charge in [0.1, 0.15) is 0 Å². The predicted molar refractivity (Wildman–Crippen MR) is 135 cm³/mol. The highest BCUT2D eigenvalue weighted by atomic mass is 127. The Balaban J connectivity index is 1.62. The topological polar surface area (TPSA) is 37.2 Å². The van der Waals surface area contributed by atoms with Crippen LogP contribution in [0.15, 0.2) is 54.6 Å². The van der Waals surface area contributed by atoms with E-state index in [2.05, 4.69) is 124 Å². The van der Waals surface area contributed by atoms with Gasteiger partial charge in [-0.05, 0) is 119 Å². The number of aliphatic hydroxyl groups excluding tert-OH is 1. The fourth-order valence-corrected chi connectivity index (χ4v) is 4.59. The molecule has 0 aliphatic carbocycles. The Labute approximate surface area is 192 Å². The first-order valence-electron chi connectivity index (χ1n) is 9.28. The van der Waals surface area contributed by atoms with Crippen LogP contribution in [0.3, 0.4) is 0 Å². The molecule has 144 valence electrons. The van der Waals surface area contributed by atoms with Crippen molar-refractivity contribution >= 4 is 72.7 Å². The summed E-state index contributed by atoms with van der Waals surface area (Å²) in [4.78, 5) is 0. The molecule has 1 atom stereocenters. The van der Waals surface area contributed by atoms with Crippen molar-refractivity contribution < 1.29 is 5.11 Å². The zero-order valence-electron chi connectivity index (χ0n) is 15.8. The average Bonchev–Trinajstić information content (AvgIpc) is 2.95. The summed E-state index contributed by atoms with van der Waals surface area (Å²) in [5, 5.41) is 16.6. The Morgan fingerprint density at radius 2 is 1.46 bits per heavy atom. The molecule has 3 aromatic carbocycles. The lowest BCUT2D eigenvalue weighted by Crippen LogP contribution is -2.24. The number of fused-ring (bicyclic) bond motifs is 3. The summed E-state index contributed by atoms with van der Waals surface area (Å²) < 4.78 is 4.68. The van der Waals surface area contributed by atoms with Crippen LogP contribution in [0.2, 0.25) is 0 Å². The number of aromatic nitrogens is 1. The molecule has 2 N–H and O–H groups in total. The Morgan fingerprint density at radius 1 is 0.857 bits per heavy atom. The SMILES string of the molecule is Cc1ccc(NC[C@@H](O)Cn2c3ccc(I)cc3c3cc(I)ccc32)cc1C. The number of rotatable bonds is 5. The molecule has 0 amide bonds. The maximum atomic E-state index is 10.7. The van der Waals surface area contributed by atoms with Gasteiger partial charge >= 0.3 is 0 Å². The molecule has 0 aliphatic heterocycles. The molecule has 0 fully saturated rings. The lowest BCUT2D eigenvalue weighted by atomic mass is 10.1. The van der Waals surface area contributed by atoms with E-state index in [0.717, 1.165) is 5.69 Å². The third-order valence-electron chi connectivity index (χ3n) is 5.23. The first-order valence-corrected chi connectivity index (χ1v) is 11.4. The standard InChI is InChI=1S/C23H22I2N2O/c1-14-3-6-18(9-15(14)2)26-12-19(28)13-27-22-7-4-16(24)10-20(22)21-11-17(25)5-8-23(21)27/h3-11,19,26,28H,12-13H2,1-2H3/t19-/m1/s1. The van der Waals surface area contributed by atoms with E-state index in [4.69, 9.17) is 0 Å². The molecule has 0 spiro atoms. The smallest absolute Gasteiger partial charge is 0.0891 e. The van der Waals surface area contributed by atoms with Crippen molar-refractivity contribution in [1.82, 2.24) is 4.57 Å². The van der Waals surface area contributed by atoms with E-state index in [1.165, 1.54) is 40.1 Å². The normalized spacial score (nSPS) is 12.6. The maximum Gasteiger partial charge on any atom is 0.0891 e. The van der Waals surface area contributed by atoms with Gasteiger partial charge in [-0.3, -0.25) is 0 Å². The van der Waals surface area contributed by atoms with Crippen LogP contribution in [0.5, 0.6) is 0 Å². The summed E-state index contributed by atoms with van der Waals surface area (Å²) in [5.74, 6) is 0. The number of hydrogen-bond donors (Lipinski definition) is 2. The monoisotopic (exact) mass is 596 g/mol. The molecule has 0 bridgehead atoms. The highest BCUT2D eigenvalue weighted by Gasteiger charge is 2.14. The van der Waals surface area contributed by atoms with Gasteiger partial charge in [-0.1, -0.05) is 6.07 Å². The molecule has 0 radical (unpaired) electrons. The summed E-state index contributed by atoms with van der Waals surface area (Å²) in [6.45, 7) is 5.29. The maximum absolute atomic E-state index is 10.7. The van der Waals surface area contributed by atoms with E-state index in [9.17, 15) is 5.11 Å². The zero-order chi connectivity index (χ0) is 19.8. The highest BCUT2D eigenvalue weighted by molar-refractivity contribution is 14.1. The van der Waals surface area contributed by atoms with Crippen LogP contribution in [0, 0.1) is 21.0 Å². The van der Waals surface area contributed by atoms with E-state index in [1.54, 1.807) is 0 Å². The van der Waals surface area contributed by atoms with Gasteiger partial charge in [0.05, 0.1) is 12.6 Å². The van der Waals surface area contributed by atoms with Crippen molar-refractivity contribution in [3.8, 4) is 0 Å². The van der Waals surface area contributed by atoms with Crippen molar-refractivity contribution in [3.63, 3.8) is 0 Å². The number of halogens is 2. The molecule has 0 unspecified atom stereocenters. The first-order chi connectivity index (χ1) is 13.4. The number of nitrogens with one attached hydrogen (secondary N) is 1. The average molecular weight is 596 g/mol. The summed E-state index contributed by atoms with van der Waals surface area (Å²) in [6.07, 6.45) is -0.487. The van der Waals surface area contributed by atoms with Crippen molar-refractivity contribution in [1.29, 1.82) is 0 Å². The minimum absolute atomic E-state index is 0.487. The van der Waals surface area contributed by atoms with Gasteiger partial charge < -0.3 is 15.0 Å². The third kappa shape index (κ3) is 4.02. The van der Waals surface area contributed by atoms with Gasteiger partial charge in [0, 0.05) is 41.2 Å². The second-order valence-electron chi connectivity index (χ2n) is 7.27. The fraction of sp³-hybridized carbons (Fsp3) is 0.217. The fourth-order valence-electron chi connectivity index (χ4n) is 3.61. The molecule has 0 saturated carbocycles. The third-order valence-corrected chi connectivity index (χ3v) is 6.57. The van der Waals surface area contributed by atoms with Gasteiger partial charge in [-0.15, -0.1) is 0 Å². The van der Waals surface area contributed by atoms with Crippen molar-refractivity contribution in [2.45, 2.75) is 26.5 Å². The number of aliphatic hydroxyl groups is 1. The zero-order valence-corrected chi connectivity index (χ0v) is 20.2. The Kier molecular flexibility index (Phi) is 5.85. The lowest BCUT2D eigenvalue weighted by molar-refractivity contribution is 0.169. The van der Waals surface area contributed by atoms with E-state index >= 15 is 0 Å². The Hall–Kier alpha value is -1.32. The summed E-state index contributed by atoms with van der Waals surface area (Å²) in [5.41, 5.74) is 5.92. The van der Waals surface area contributed by atoms with Crippen LogP contribution in [-0.4, -0.2) is 22.3 Å². The highest BCUT2D eigenvalue weighted by Crippen LogP contribution is 2.31. The molecule has 28 heavy (non-hydrogen) atoms. The molecule has 0 aliphatic rings. The molecular weight excluding hydrogens is 574 g/mol. The van der Waals surface area contributed by atoms with Crippen LogP contribution in [0.25, 0.3) is 21.8 Å². The quantitative estimate of drug-likeness (QED) is 0.274.